The molecule has 0 aromatic carbocycles. The molecule has 2 atom stereocenters. The van der Waals surface area contributed by atoms with Crippen molar-refractivity contribution in [1.82, 2.24) is 15.1 Å². The van der Waals surface area contributed by atoms with Gasteiger partial charge in [0.25, 0.3) is 0 Å². The zero-order chi connectivity index (χ0) is 15.3. The Morgan fingerprint density at radius 2 is 2.19 bits per heavy atom. The van der Waals surface area contributed by atoms with E-state index in [9.17, 15) is 0 Å². The molecule has 1 aromatic rings. The van der Waals surface area contributed by atoms with Gasteiger partial charge in [-0.3, -0.25) is 4.68 Å². The molecule has 2 rings (SSSR count). The van der Waals surface area contributed by atoms with Crippen molar-refractivity contribution in [3.05, 3.63) is 18.0 Å². The van der Waals surface area contributed by atoms with Gasteiger partial charge in [-0.05, 0) is 74.9 Å². The maximum absolute atomic E-state index is 4.29. The second-order valence-electron chi connectivity index (χ2n) is 7.62. The average molecular weight is 291 g/mol. The molecule has 3 nitrogen and oxygen atoms in total. The van der Waals surface area contributed by atoms with Crippen LogP contribution in [0, 0.1) is 17.3 Å². The standard InChI is InChI=1S/C18H33N3/c1-5-11-19-14-16-8-10-18(2,3)13-15(16)6-7-17-9-12-20-21(17)4/h9,12,15-16,19H,5-8,10-11,13-14H2,1-4H3. The largest absolute Gasteiger partial charge is 0.316 e. The van der Waals surface area contributed by atoms with Crippen molar-refractivity contribution in [3.8, 4) is 0 Å². The van der Waals surface area contributed by atoms with E-state index in [1.165, 1.54) is 50.8 Å². The van der Waals surface area contributed by atoms with Crippen LogP contribution in [0.25, 0.3) is 0 Å². The van der Waals surface area contributed by atoms with Gasteiger partial charge in [0.05, 0.1) is 0 Å². The van der Waals surface area contributed by atoms with Crippen molar-refractivity contribution >= 4 is 0 Å². The molecule has 1 aromatic heterocycles. The highest BCUT2D eigenvalue weighted by Gasteiger charge is 2.34. The van der Waals surface area contributed by atoms with Crippen molar-refractivity contribution in [2.45, 2.75) is 59.3 Å². The first-order valence-corrected chi connectivity index (χ1v) is 8.69. The number of hydrogen-bond acceptors (Lipinski definition) is 2. The van der Waals surface area contributed by atoms with E-state index >= 15 is 0 Å². The summed E-state index contributed by atoms with van der Waals surface area (Å²) in [5.41, 5.74) is 1.90. The van der Waals surface area contributed by atoms with E-state index in [0.29, 0.717) is 5.41 Å². The summed E-state index contributed by atoms with van der Waals surface area (Å²) in [6, 6.07) is 2.16. The van der Waals surface area contributed by atoms with Crippen LogP contribution in [0.3, 0.4) is 0 Å². The first-order chi connectivity index (χ1) is 10.0. The number of aromatic nitrogens is 2. The molecule has 1 saturated carbocycles. The first-order valence-electron chi connectivity index (χ1n) is 8.69. The molecule has 0 radical (unpaired) electrons. The Morgan fingerprint density at radius 1 is 1.38 bits per heavy atom. The lowest BCUT2D eigenvalue weighted by Crippen LogP contribution is -2.36. The Balaban J connectivity index is 1.91. The SMILES string of the molecule is CCCNCC1CCC(C)(C)CC1CCc1ccnn1C. The molecule has 0 spiro atoms. The molecule has 0 aliphatic heterocycles. The molecule has 3 heteroatoms. The lowest BCUT2D eigenvalue weighted by atomic mass is 9.66. The molecule has 21 heavy (non-hydrogen) atoms. The lowest BCUT2D eigenvalue weighted by molar-refractivity contribution is 0.110. The second-order valence-corrected chi connectivity index (χ2v) is 7.62. The molecule has 0 amide bonds. The Kier molecular flexibility index (Phi) is 5.86. The van der Waals surface area contributed by atoms with Crippen LogP contribution in [0.4, 0.5) is 0 Å². The van der Waals surface area contributed by atoms with Crippen LogP contribution in [0.5, 0.6) is 0 Å². The third kappa shape index (κ3) is 4.84. The fourth-order valence-corrected chi connectivity index (χ4v) is 3.84. The van der Waals surface area contributed by atoms with Gasteiger partial charge in [-0.2, -0.15) is 5.10 Å². The van der Waals surface area contributed by atoms with Gasteiger partial charge in [0, 0.05) is 18.9 Å². The fourth-order valence-electron chi connectivity index (χ4n) is 3.84. The van der Waals surface area contributed by atoms with E-state index < -0.39 is 0 Å². The molecule has 1 aliphatic rings. The molecule has 1 aliphatic carbocycles. The van der Waals surface area contributed by atoms with Gasteiger partial charge < -0.3 is 5.32 Å². The van der Waals surface area contributed by atoms with Crippen molar-refractivity contribution in [1.29, 1.82) is 0 Å². The molecule has 0 saturated heterocycles. The number of nitrogens with one attached hydrogen (secondary N) is 1. The van der Waals surface area contributed by atoms with Crippen molar-refractivity contribution in [3.63, 3.8) is 0 Å². The van der Waals surface area contributed by atoms with Crippen LogP contribution in [0.2, 0.25) is 0 Å². The first kappa shape index (κ1) is 16.5. The summed E-state index contributed by atoms with van der Waals surface area (Å²) in [5, 5.41) is 7.94. The predicted octanol–water partition coefficient (Wildman–Crippen LogP) is 3.79. The third-order valence-corrected chi connectivity index (χ3v) is 5.20. The molecule has 1 heterocycles. The van der Waals surface area contributed by atoms with Gasteiger partial charge in [-0.1, -0.05) is 20.8 Å². The van der Waals surface area contributed by atoms with Crippen LogP contribution in [0.1, 0.15) is 58.6 Å². The van der Waals surface area contributed by atoms with Crippen LogP contribution in [-0.4, -0.2) is 22.9 Å². The minimum absolute atomic E-state index is 0.526. The van der Waals surface area contributed by atoms with Crippen LogP contribution in [0.15, 0.2) is 12.3 Å². The van der Waals surface area contributed by atoms with Gasteiger partial charge >= 0.3 is 0 Å². The summed E-state index contributed by atoms with van der Waals surface area (Å²) in [5.74, 6) is 1.71. The number of aryl methyl sites for hydroxylation is 2. The summed E-state index contributed by atoms with van der Waals surface area (Å²) in [4.78, 5) is 0. The Morgan fingerprint density at radius 3 is 2.86 bits per heavy atom. The zero-order valence-corrected chi connectivity index (χ0v) is 14.4. The maximum Gasteiger partial charge on any atom is 0.0492 e. The van der Waals surface area contributed by atoms with E-state index in [4.69, 9.17) is 0 Å². The molecule has 1 N–H and O–H groups in total. The van der Waals surface area contributed by atoms with Gasteiger partial charge in [0.15, 0.2) is 0 Å². The minimum Gasteiger partial charge on any atom is -0.316 e. The quantitative estimate of drug-likeness (QED) is 0.775. The fraction of sp³-hybridized carbons (Fsp3) is 0.833. The minimum atomic E-state index is 0.526. The Hall–Kier alpha value is -0.830. The molecule has 1 fully saturated rings. The molecule has 0 bridgehead atoms. The highest BCUT2D eigenvalue weighted by atomic mass is 15.2. The molecular formula is C18H33N3. The summed E-state index contributed by atoms with van der Waals surface area (Å²) < 4.78 is 2.03. The number of rotatable bonds is 7. The van der Waals surface area contributed by atoms with Crippen LogP contribution in [-0.2, 0) is 13.5 Å². The monoisotopic (exact) mass is 291 g/mol. The summed E-state index contributed by atoms with van der Waals surface area (Å²) in [6.45, 7) is 9.50. The van der Waals surface area contributed by atoms with Gasteiger partial charge in [0.1, 0.15) is 0 Å². The number of nitrogens with zero attached hydrogens (tertiary/aromatic N) is 2. The molecule has 2 unspecified atom stereocenters. The van der Waals surface area contributed by atoms with Gasteiger partial charge in [-0.15, -0.1) is 0 Å². The van der Waals surface area contributed by atoms with E-state index in [-0.39, 0.29) is 0 Å². The van der Waals surface area contributed by atoms with E-state index in [1.54, 1.807) is 0 Å². The smallest absolute Gasteiger partial charge is 0.0492 e. The highest BCUT2D eigenvalue weighted by molar-refractivity contribution is 5.00. The maximum atomic E-state index is 4.29. The Labute approximate surface area is 130 Å². The number of hydrogen-bond donors (Lipinski definition) is 1. The zero-order valence-electron chi connectivity index (χ0n) is 14.4. The second kappa shape index (κ2) is 7.44. The summed E-state index contributed by atoms with van der Waals surface area (Å²) in [7, 11) is 2.06. The highest BCUT2D eigenvalue weighted by Crippen LogP contribution is 2.43. The topological polar surface area (TPSA) is 29.9 Å². The Bertz CT molecular complexity index is 422. The lowest BCUT2D eigenvalue weighted by Gasteiger charge is -2.41. The van der Waals surface area contributed by atoms with E-state index in [1.807, 2.05) is 10.9 Å². The van der Waals surface area contributed by atoms with Crippen LogP contribution >= 0.6 is 0 Å². The summed E-state index contributed by atoms with van der Waals surface area (Å²) in [6.07, 6.45) is 9.78. The third-order valence-electron chi connectivity index (χ3n) is 5.20. The summed E-state index contributed by atoms with van der Waals surface area (Å²) >= 11 is 0. The molecular weight excluding hydrogens is 258 g/mol. The van der Waals surface area contributed by atoms with Crippen LogP contribution < -0.4 is 5.32 Å². The average Bonchev–Trinajstić information content (AvgIpc) is 2.84. The normalized spacial score (nSPS) is 25.1. The van der Waals surface area contributed by atoms with Crippen molar-refractivity contribution in [2.24, 2.45) is 24.3 Å². The van der Waals surface area contributed by atoms with Gasteiger partial charge in [0.2, 0.25) is 0 Å². The molecule has 120 valence electrons. The van der Waals surface area contributed by atoms with E-state index in [0.717, 1.165) is 18.4 Å². The van der Waals surface area contributed by atoms with Gasteiger partial charge in [-0.25, -0.2) is 0 Å². The van der Waals surface area contributed by atoms with E-state index in [2.05, 4.69) is 44.3 Å². The predicted molar refractivity (Wildman–Crippen MR) is 89.3 cm³/mol. The van der Waals surface area contributed by atoms with Crippen molar-refractivity contribution < 1.29 is 0 Å². The van der Waals surface area contributed by atoms with Crippen molar-refractivity contribution in [2.75, 3.05) is 13.1 Å².